The molecule has 6 nitrogen and oxygen atoms in total. The van der Waals surface area contributed by atoms with Gasteiger partial charge in [-0.3, -0.25) is 4.79 Å². The van der Waals surface area contributed by atoms with Crippen LogP contribution in [0.2, 0.25) is 0 Å². The molecule has 1 aliphatic rings. The first-order valence-electron chi connectivity index (χ1n) is 5.09. The molecule has 18 heavy (non-hydrogen) atoms. The Balaban J connectivity index is 1.99. The third-order valence-electron chi connectivity index (χ3n) is 2.34. The molecule has 1 aromatic carbocycles. The Bertz CT molecular complexity index is 530. The summed E-state index contributed by atoms with van der Waals surface area (Å²) in [5, 5.41) is 14.7. The van der Waals surface area contributed by atoms with Crippen molar-refractivity contribution < 1.29 is 19.5 Å². The lowest BCUT2D eigenvalue weighted by molar-refractivity contribution is -0.129. The number of oxime groups is 1. The molecule has 0 fully saturated rings. The number of carbonyl (C=O) groups is 2. The Morgan fingerprint density at radius 2 is 2.17 bits per heavy atom. The third-order valence-corrected chi connectivity index (χ3v) is 3.03. The van der Waals surface area contributed by atoms with Gasteiger partial charge in [0.15, 0.2) is 5.71 Å². The highest BCUT2D eigenvalue weighted by atomic mass is 79.9. The van der Waals surface area contributed by atoms with E-state index >= 15 is 0 Å². The van der Waals surface area contributed by atoms with Crippen molar-refractivity contribution in [2.75, 3.05) is 5.32 Å². The van der Waals surface area contributed by atoms with Gasteiger partial charge in [0.25, 0.3) is 5.91 Å². The Hall–Kier alpha value is -1.89. The van der Waals surface area contributed by atoms with Crippen LogP contribution in [-0.4, -0.2) is 28.8 Å². The highest BCUT2D eigenvalue weighted by Gasteiger charge is 2.31. The molecule has 0 bridgehead atoms. The van der Waals surface area contributed by atoms with E-state index in [4.69, 9.17) is 9.94 Å². The molecule has 0 aliphatic carbocycles. The van der Waals surface area contributed by atoms with Crippen molar-refractivity contribution in [2.45, 2.75) is 12.5 Å². The van der Waals surface area contributed by atoms with Gasteiger partial charge in [0.2, 0.25) is 6.10 Å². The minimum atomic E-state index is -1.17. The zero-order chi connectivity index (χ0) is 13.1. The van der Waals surface area contributed by atoms with E-state index in [2.05, 4.69) is 26.4 Å². The number of hydrogen-bond acceptors (Lipinski definition) is 4. The topological polar surface area (TPSA) is 88.0 Å². The van der Waals surface area contributed by atoms with E-state index in [-0.39, 0.29) is 12.1 Å². The molecule has 94 valence electrons. The second-order valence-corrected chi connectivity index (χ2v) is 4.46. The fraction of sp³-hybridized carbons (Fsp3) is 0.182. The number of aliphatic carboxylic acids is 1. The van der Waals surface area contributed by atoms with Gasteiger partial charge in [-0.1, -0.05) is 17.3 Å². The number of hydrogen-bond donors (Lipinski definition) is 2. The number of nitrogens with one attached hydrogen (secondary N) is 1. The molecule has 0 spiro atoms. The predicted octanol–water partition coefficient (Wildman–Crippen LogP) is 1.62. The van der Waals surface area contributed by atoms with Crippen LogP contribution < -0.4 is 5.32 Å². The maximum atomic E-state index is 11.8. The summed E-state index contributed by atoms with van der Waals surface area (Å²) in [6, 6.07) is 7.09. The fourth-order valence-corrected chi connectivity index (χ4v) is 1.80. The molecule has 2 rings (SSSR count). The van der Waals surface area contributed by atoms with Crippen LogP contribution in [0.15, 0.2) is 33.9 Å². The number of carboxylic acids is 1. The minimum Gasteiger partial charge on any atom is -0.477 e. The Labute approximate surface area is 111 Å². The Kier molecular flexibility index (Phi) is 3.61. The zero-order valence-electron chi connectivity index (χ0n) is 9.09. The Morgan fingerprint density at radius 3 is 2.78 bits per heavy atom. The molecule has 0 aromatic heterocycles. The molecule has 2 N–H and O–H groups in total. The van der Waals surface area contributed by atoms with Crippen LogP contribution in [0.1, 0.15) is 6.42 Å². The molecular weight excluding hydrogens is 304 g/mol. The van der Waals surface area contributed by atoms with Crippen molar-refractivity contribution in [1.82, 2.24) is 0 Å². The SMILES string of the molecule is O=C(O)C1=NOC(C(=O)Nc2ccccc2Br)C1. The summed E-state index contributed by atoms with van der Waals surface area (Å²) in [7, 11) is 0. The van der Waals surface area contributed by atoms with Gasteiger partial charge in [0.05, 0.1) is 5.69 Å². The van der Waals surface area contributed by atoms with Gasteiger partial charge in [-0.05, 0) is 28.1 Å². The average molecular weight is 313 g/mol. The minimum absolute atomic E-state index is 0.0361. The van der Waals surface area contributed by atoms with Gasteiger partial charge in [0, 0.05) is 10.9 Å². The van der Waals surface area contributed by atoms with Crippen molar-refractivity contribution in [3.63, 3.8) is 0 Å². The van der Waals surface area contributed by atoms with Crippen LogP contribution in [0.25, 0.3) is 0 Å². The highest BCUT2D eigenvalue weighted by molar-refractivity contribution is 9.10. The fourth-order valence-electron chi connectivity index (χ4n) is 1.42. The van der Waals surface area contributed by atoms with Crippen LogP contribution in [0.3, 0.4) is 0 Å². The van der Waals surface area contributed by atoms with Gasteiger partial charge in [-0.15, -0.1) is 0 Å². The summed E-state index contributed by atoms with van der Waals surface area (Å²) in [4.78, 5) is 27.2. The van der Waals surface area contributed by atoms with E-state index in [9.17, 15) is 9.59 Å². The molecule has 0 saturated carbocycles. The van der Waals surface area contributed by atoms with Crippen LogP contribution in [0.4, 0.5) is 5.69 Å². The lowest BCUT2D eigenvalue weighted by Gasteiger charge is -2.10. The first-order valence-corrected chi connectivity index (χ1v) is 5.88. The van der Waals surface area contributed by atoms with Crippen molar-refractivity contribution in [3.05, 3.63) is 28.7 Å². The summed E-state index contributed by atoms with van der Waals surface area (Å²) in [5.74, 6) is -1.60. The van der Waals surface area contributed by atoms with Gasteiger partial charge >= 0.3 is 5.97 Å². The van der Waals surface area contributed by atoms with Gasteiger partial charge < -0.3 is 15.3 Å². The van der Waals surface area contributed by atoms with Crippen molar-refractivity contribution in [2.24, 2.45) is 5.16 Å². The molecule has 1 atom stereocenters. The van der Waals surface area contributed by atoms with Crippen LogP contribution in [0.5, 0.6) is 0 Å². The van der Waals surface area contributed by atoms with E-state index in [1.807, 2.05) is 6.07 Å². The number of benzene rings is 1. The summed E-state index contributed by atoms with van der Waals surface area (Å²) < 4.78 is 0.732. The number of carbonyl (C=O) groups excluding carboxylic acids is 1. The largest absolute Gasteiger partial charge is 0.477 e. The van der Waals surface area contributed by atoms with Gasteiger partial charge in [-0.2, -0.15) is 0 Å². The van der Waals surface area contributed by atoms with E-state index < -0.39 is 18.0 Å². The second kappa shape index (κ2) is 5.18. The number of anilines is 1. The van der Waals surface area contributed by atoms with E-state index in [0.29, 0.717) is 5.69 Å². The van der Waals surface area contributed by atoms with Crippen LogP contribution in [0, 0.1) is 0 Å². The first-order chi connectivity index (χ1) is 8.58. The normalized spacial score (nSPS) is 17.8. The molecule has 1 amide bonds. The lowest BCUT2D eigenvalue weighted by Crippen LogP contribution is -2.29. The van der Waals surface area contributed by atoms with E-state index in [1.54, 1.807) is 18.2 Å². The molecular formula is C11H9BrN2O4. The van der Waals surface area contributed by atoms with Crippen LogP contribution in [-0.2, 0) is 14.4 Å². The monoisotopic (exact) mass is 312 g/mol. The molecule has 1 aromatic rings. The standard InChI is InChI=1S/C11H9BrN2O4/c12-6-3-1-2-4-7(6)13-10(15)9-5-8(11(16)17)14-18-9/h1-4,9H,5H2,(H,13,15)(H,16,17). The molecule has 1 unspecified atom stereocenters. The summed E-state index contributed by atoms with van der Waals surface area (Å²) >= 11 is 3.29. The summed E-state index contributed by atoms with van der Waals surface area (Å²) in [5.41, 5.74) is 0.442. The molecule has 1 aliphatic heterocycles. The number of rotatable bonds is 3. The summed E-state index contributed by atoms with van der Waals surface area (Å²) in [6.45, 7) is 0. The first kappa shape index (κ1) is 12.6. The lowest BCUT2D eigenvalue weighted by atomic mass is 10.1. The maximum Gasteiger partial charge on any atom is 0.353 e. The quantitative estimate of drug-likeness (QED) is 0.887. The molecule has 7 heteroatoms. The molecule has 0 radical (unpaired) electrons. The number of nitrogens with zero attached hydrogens (tertiary/aromatic N) is 1. The zero-order valence-corrected chi connectivity index (χ0v) is 10.7. The predicted molar refractivity (Wildman–Crippen MR) is 67.3 cm³/mol. The highest BCUT2D eigenvalue weighted by Crippen LogP contribution is 2.22. The second-order valence-electron chi connectivity index (χ2n) is 3.61. The van der Waals surface area contributed by atoms with E-state index in [0.717, 1.165) is 4.47 Å². The Morgan fingerprint density at radius 1 is 1.44 bits per heavy atom. The van der Waals surface area contributed by atoms with Gasteiger partial charge in [-0.25, -0.2) is 4.79 Å². The van der Waals surface area contributed by atoms with Gasteiger partial charge in [0.1, 0.15) is 0 Å². The van der Waals surface area contributed by atoms with Crippen molar-refractivity contribution in [3.8, 4) is 0 Å². The van der Waals surface area contributed by atoms with Crippen molar-refractivity contribution >= 4 is 39.2 Å². The van der Waals surface area contributed by atoms with Crippen molar-refractivity contribution in [1.29, 1.82) is 0 Å². The number of para-hydroxylation sites is 1. The molecule has 1 heterocycles. The van der Waals surface area contributed by atoms with Crippen LogP contribution >= 0.6 is 15.9 Å². The smallest absolute Gasteiger partial charge is 0.353 e. The third kappa shape index (κ3) is 2.67. The molecule has 0 saturated heterocycles. The number of amides is 1. The average Bonchev–Trinajstić information content (AvgIpc) is 2.81. The maximum absolute atomic E-state index is 11.8. The van der Waals surface area contributed by atoms with E-state index in [1.165, 1.54) is 0 Å². The number of carboxylic acid groups (broad SMARTS) is 1. The summed E-state index contributed by atoms with van der Waals surface area (Å²) in [6.07, 6.45) is -0.936. The number of halogens is 1.